The van der Waals surface area contributed by atoms with E-state index in [0.29, 0.717) is 11.1 Å². The fourth-order valence-corrected chi connectivity index (χ4v) is 1.78. The fraction of sp³-hybridized carbons (Fsp3) is 0.462. The Bertz CT molecular complexity index is 533. The molecule has 0 radical (unpaired) electrons. The molecular weight excluding hydrogens is 291 g/mol. The number of benzene rings is 1. The number of ether oxygens (including phenoxy) is 1. The van der Waals surface area contributed by atoms with E-state index in [1.54, 1.807) is 27.7 Å². The number of hydrogen-bond donors (Lipinski definition) is 0. The Labute approximate surface area is 118 Å². The van der Waals surface area contributed by atoms with Crippen molar-refractivity contribution in [3.63, 3.8) is 0 Å². The summed E-state index contributed by atoms with van der Waals surface area (Å²) >= 11 is 0. The van der Waals surface area contributed by atoms with Gasteiger partial charge in [0.15, 0.2) is 0 Å². The third kappa shape index (κ3) is 5.32. The molecule has 0 aliphatic heterocycles. The summed E-state index contributed by atoms with van der Waals surface area (Å²) in [5.41, 5.74) is 1.15. The number of rotatable bonds is 3. The van der Waals surface area contributed by atoms with E-state index in [1.807, 2.05) is 0 Å². The van der Waals surface area contributed by atoms with E-state index in [1.165, 1.54) is 24.4 Å². The number of hydrogen-bond acceptors (Lipinski definition) is 2. The molecule has 1 unspecified atom stereocenters. The molecule has 0 aliphatic rings. The minimum atomic E-state index is -4.71. The van der Waals surface area contributed by atoms with Gasteiger partial charge in [0.25, 0.3) is 0 Å². The summed E-state index contributed by atoms with van der Waals surface area (Å²) < 4.78 is 55.2. The zero-order valence-corrected chi connectivity index (χ0v) is 12.4. The van der Waals surface area contributed by atoms with Gasteiger partial charge in [0.1, 0.15) is 16.7 Å². The van der Waals surface area contributed by atoms with E-state index in [2.05, 4.69) is 9.13 Å². The summed E-state index contributed by atoms with van der Waals surface area (Å²) in [5.74, 6) is -0.288. The molecule has 0 N–H and O–H groups in total. The van der Waals surface area contributed by atoms with Gasteiger partial charge >= 0.3 is 6.36 Å². The van der Waals surface area contributed by atoms with Crippen LogP contribution in [0.4, 0.5) is 13.2 Å². The number of nitrogens with zero attached hydrogens (tertiary/aromatic N) is 1. The lowest BCUT2D eigenvalue weighted by Gasteiger charge is -2.13. The van der Waals surface area contributed by atoms with Crippen LogP contribution >= 0.6 is 0 Å². The maximum Gasteiger partial charge on any atom is 0.573 e. The van der Waals surface area contributed by atoms with E-state index in [0.717, 1.165) is 0 Å². The van der Waals surface area contributed by atoms with Crippen LogP contribution < -0.4 is 4.74 Å². The van der Waals surface area contributed by atoms with Crippen LogP contribution in [-0.4, -0.2) is 21.5 Å². The van der Waals surface area contributed by atoms with E-state index in [9.17, 15) is 17.4 Å². The molecule has 0 bridgehead atoms. The second-order valence-electron chi connectivity index (χ2n) is 5.16. The number of aryl methyl sites for hydroxylation is 1. The molecule has 1 atom stereocenters. The second-order valence-corrected chi connectivity index (χ2v) is 7.10. The molecule has 1 aromatic rings. The molecular formula is C13H16F3NO2S. The van der Waals surface area contributed by atoms with Gasteiger partial charge in [-0.25, -0.2) is 4.21 Å². The zero-order valence-electron chi connectivity index (χ0n) is 11.6. The Morgan fingerprint density at radius 2 is 1.85 bits per heavy atom. The standard InChI is InChI=1S/C13H16F3NO2S/c1-9-7-11(19-13(14,15)16)6-5-10(9)8-17-20(18)12(2,3)4/h5-8H,1-4H3. The van der Waals surface area contributed by atoms with Gasteiger partial charge < -0.3 is 4.74 Å². The van der Waals surface area contributed by atoms with Gasteiger partial charge in [-0.15, -0.1) is 13.2 Å². The predicted octanol–water partition coefficient (Wildman–Crippen LogP) is 3.77. The van der Waals surface area contributed by atoms with Crippen LogP contribution in [-0.2, 0) is 11.0 Å². The molecule has 0 aromatic heterocycles. The normalized spacial score (nSPS) is 14.6. The summed E-state index contributed by atoms with van der Waals surface area (Å²) in [6.07, 6.45) is -3.32. The van der Waals surface area contributed by atoms with Gasteiger partial charge in [0.05, 0.1) is 4.75 Å². The highest BCUT2D eigenvalue weighted by molar-refractivity contribution is 7.85. The van der Waals surface area contributed by atoms with Crippen molar-refractivity contribution in [1.29, 1.82) is 0 Å². The summed E-state index contributed by atoms with van der Waals surface area (Å²) in [5, 5.41) is 0. The molecule has 0 heterocycles. The van der Waals surface area contributed by atoms with Crippen LogP contribution in [0.2, 0.25) is 0 Å². The van der Waals surface area contributed by atoms with Crippen LogP contribution in [0.25, 0.3) is 0 Å². The molecule has 20 heavy (non-hydrogen) atoms. The molecule has 0 saturated carbocycles. The van der Waals surface area contributed by atoms with Crippen molar-refractivity contribution in [2.75, 3.05) is 0 Å². The van der Waals surface area contributed by atoms with Crippen LogP contribution in [0.5, 0.6) is 5.75 Å². The summed E-state index contributed by atoms with van der Waals surface area (Å²) in [4.78, 5) is 0. The van der Waals surface area contributed by atoms with Crippen molar-refractivity contribution in [2.24, 2.45) is 4.40 Å². The average molecular weight is 307 g/mol. The van der Waals surface area contributed by atoms with Crippen molar-refractivity contribution in [1.82, 2.24) is 0 Å². The van der Waals surface area contributed by atoms with E-state index < -0.39 is 22.1 Å². The van der Waals surface area contributed by atoms with Crippen LogP contribution in [0.3, 0.4) is 0 Å². The van der Waals surface area contributed by atoms with Gasteiger partial charge in [-0.2, -0.15) is 4.40 Å². The van der Waals surface area contributed by atoms with Crippen molar-refractivity contribution in [2.45, 2.75) is 38.8 Å². The third-order valence-electron chi connectivity index (χ3n) is 2.29. The molecule has 7 heteroatoms. The first-order valence-corrected chi connectivity index (χ1v) is 6.92. The Balaban J connectivity index is 2.89. The quantitative estimate of drug-likeness (QED) is 0.797. The maximum absolute atomic E-state index is 12.1. The average Bonchev–Trinajstić information content (AvgIpc) is 2.23. The van der Waals surface area contributed by atoms with E-state index in [4.69, 9.17) is 0 Å². The first kappa shape index (κ1) is 16.7. The Kier molecular flexibility index (Phi) is 4.96. The predicted molar refractivity (Wildman–Crippen MR) is 73.4 cm³/mol. The highest BCUT2D eigenvalue weighted by Gasteiger charge is 2.31. The van der Waals surface area contributed by atoms with Crippen molar-refractivity contribution < 1.29 is 22.1 Å². The van der Waals surface area contributed by atoms with Gasteiger partial charge in [0.2, 0.25) is 0 Å². The van der Waals surface area contributed by atoms with Gasteiger partial charge in [-0.1, -0.05) is 0 Å². The fourth-order valence-electron chi connectivity index (χ4n) is 1.25. The summed E-state index contributed by atoms with van der Waals surface area (Å²) in [7, 11) is -1.41. The smallest absolute Gasteiger partial charge is 0.406 e. The third-order valence-corrected chi connectivity index (χ3v) is 3.63. The minimum Gasteiger partial charge on any atom is -0.406 e. The zero-order chi connectivity index (χ0) is 15.6. The van der Waals surface area contributed by atoms with Gasteiger partial charge in [-0.05, 0) is 57.0 Å². The molecule has 3 nitrogen and oxygen atoms in total. The van der Waals surface area contributed by atoms with Crippen LogP contribution in [0, 0.1) is 6.92 Å². The molecule has 0 spiro atoms. The SMILES string of the molecule is Cc1cc(OC(F)(F)F)ccc1C=NS(=O)C(C)(C)C. The summed E-state index contributed by atoms with van der Waals surface area (Å²) in [6.45, 7) is 6.99. The van der Waals surface area contributed by atoms with Crippen molar-refractivity contribution in [3.8, 4) is 5.75 Å². The molecule has 0 amide bonds. The van der Waals surface area contributed by atoms with E-state index in [-0.39, 0.29) is 5.75 Å². The number of halogens is 3. The van der Waals surface area contributed by atoms with Gasteiger partial charge in [-0.3, -0.25) is 0 Å². The first-order valence-electron chi connectivity index (χ1n) is 5.81. The van der Waals surface area contributed by atoms with Gasteiger partial charge in [0, 0.05) is 6.21 Å². The Morgan fingerprint density at radius 1 is 1.25 bits per heavy atom. The lowest BCUT2D eigenvalue weighted by atomic mass is 10.1. The lowest BCUT2D eigenvalue weighted by molar-refractivity contribution is -0.274. The number of alkyl halides is 3. The maximum atomic E-state index is 12.1. The molecule has 1 rings (SSSR count). The van der Waals surface area contributed by atoms with Crippen LogP contribution in [0.1, 0.15) is 31.9 Å². The second kappa shape index (κ2) is 5.95. The first-order chi connectivity index (χ1) is 8.99. The highest BCUT2D eigenvalue weighted by Crippen LogP contribution is 2.24. The summed E-state index contributed by atoms with van der Waals surface area (Å²) in [6, 6.07) is 3.90. The molecule has 0 saturated heterocycles. The van der Waals surface area contributed by atoms with Crippen molar-refractivity contribution in [3.05, 3.63) is 29.3 Å². The molecule has 0 fully saturated rings. The molecule has 112 valence electrons. The Morgan fingerprint density at radius 3 is 2.30 bits per heavy atom. The van der Waals surface area contributed by atoms with E-state index >= 15 is 0 Å². The largest absolute Gasteiger partial charge is 0.573 e. The molecule has 1 aromatic carbocycles. The van der Waals surface area contributed by atoms with Crippen LogP contribution in [0.15, 0.2) is 22.6 Å². The Hall–Kier alpha value is -1.37. The highest BCUT2D eigenvalue weighted by atomic mass is 32.2. The molecule has 0 aliphatic carbocycles. The topological polar surface area (TPSA) is 38.7 Å². The van der Waals surface area contributed by atoms with Crippen molar-refractivity contribution >= 4 is 17.2 Å². The minimum absolute atomic E-state index is 0.288. The monoisotopic (exact) mass is 307 g/mol. The lowest BCUT2D eigenvalue weighted by Crippen LogP contribution is -2.19.